The fourth-order valence-electron chi connectivity index (χ4n) is 1.84. The summed E-state index contributed by atoms with van der Waals surface area (Å²) in [6.07, 6.45) is 0.889. The number of halogens is 1. The monoisotopic (exact) mass is 276 g/mol. The van der Waals surface area contributed by atoms with E-state index in [0.717, 1.165) is 18.1 Å². The van der Waals surface area contributed by atoms with Crippen LogP contribution in [0.5, 0.6) is 11.5 Å². The molecule has 0 aliphatic heterocycles. The van der Waals surface area contributed by atoms with Gasteiger partial charge in [0, 0.05) is 11.6 Å². The van der Waals surface area contributed by atoms with Gasteiger partial charge in [0.15, 0.2) is 5.78 Å². The van der Waals surface area contributed by atoms with E-state index in [-0.39, 0.29) is 27.9 Å². The molecular weight excluding hydrogens is 264 g/mol. The van der Waals surface area contributed by atoms with E-state index < -0.39 is 0 Å². The van der Waals surface area contributed by atoms with Crippen molar-refractivity contribution < 1.29 is 15.0 Å². The van der Waals surface area contributed by atoms with E-state index in [4.69, 9.17) is 11.6 Å². The Hall–Kier alpha value is -2.00. The second kappa shape index (κ2) is 5.33. The summed E-state index contributed by atoms with van der Waals surface area (Å²) >= 11 is 5.90. The molecule has 0 radical (unpaired) electrons. The summed E-state index contributed by atoms with van der Waals surface area (Å²) in [6, 6.07) is 9.44. The van der Waals surface area contributed by atoms with Crippen LogP contribution in [0.4, 0.5) is 0 Å². The molecule has 0 fully saturated rings. The minimum absolute atomic E-state index is 0.00344. The van der Waals surface area contributed by atoms with Gasteiger partial charge in [-0.05, 0) is 18.1 Å². The first-order valence-electron chi connectivity index (χ1n) is 5.88. The molecule has 0 aliphatic rings. The van der Waals surface area contributed by atoms with E-state index in [0.29, 0.717) is 5.56 Å². The zero-order valence-corrected chi connectivity index (χ0v) is 11.1. The highest BCUT2D eigenvalue weighted by atomic mass is 35.5. The third-order valence-electron chi connectivity index (χ3n) is 2.91. The van der Waals surface area contributed by atoms with Gasteiger partial charge in [-0.2, -0.15) is 0 Å². The van der Waals surface area contributed by atoms with Crippen molar-refractivity contribution in [1.82, 2.24) is 0 Å². The van der Waals surface area contributed by atoms with Gasteiger partial charge in [0.2, 0.25) is 0 Å². The number of phenolic OH excluding ortho intramolecular Hbond substituents is 2. The number of carbonyl (C=O) groups excluding carboxylic acids is 1. The standard InChI is InChI=1S/C15H13ClO3/c1-2-9-3-5-10(6-4-9)15(19)14-12(16)7-11(17)8-13(14)18/h3-8,17-18H,2H2,1H3. The summed E-state index contributed by atoms with van der Waals surface area (Å²) in [6.45, 7) is 2.03. The molecule has 0 bridgehead atoms. The van der Waals surface area contributed by atoms with Gasteiger partial charge < -0.3 is 10.2 Å². The second-order valence-corrected chi connectivity index (χ2v) is 4.61. The van der Waals surface area contributed by atoms with Gasteiger partial charge in [-0.25, -0.2) is 0 Å². The van der Waals surface area contributed by atoms with Gasteiger partial charge in [-0.1, -0.05) is 42.8 Å². The largest absolute Gasteiger partial charge is 0.508 e. The molecule has 4 heteroatoms. The van der Waals surface area contributed by atoms with Crippen molar-refractivity contribution in [1.29, 1.82) is 0 Å². The molecule has 2 N–H and O–H groups in total. The maximum Gasteiger partial charge on any atom is 0.198 e. The Morgan fingerprint density at radius 2 is 1.79 bits per heavy atom. The number of phenols is 2. The number of carbonyl (C=O) groups is 1. The second-order valence-electron chi connectivity index (χ2n) is 4.20. The Morgan fingerprint density at radius 1 is 1.16 bits per heavy atom. The van der Waals surface area contributed by atoms with Gasteiger partial charge in [0.1, 0.15) is 11.5 Å². The van der Waals surface area contributed by atoms with Crippen LogP contribution < -0.4 is 0 Å². The predicted octanol–water partition coefficient (Wildman–Crippen LogP) is 3.54. The number of hydrogen-bond donors (Lipinski definition) is 2. The number of ketones is 1. The number of benzene rings is 2. The van der Waals surface area contributed by atoms with Gasteiger partial charge in [-0.3, -0.25) is 4.79 Å². The van der Waals surface area contributed by atoms with E-state index in [2.05, 4.69) is 0 Å². The van der Waals surface area contributed by atoms with E-state index in [1.807, 2.05) is 19.1 Å². The maximum absolute atomic E-state index is 12.3. The molecule has 0 amide bonds. The van der Waals surface area contributed by atoms with Crippen LogP contribution in [-0.2, 0) is 6.42 Å². The van der Waals surface area contributed by atoms with Gasteiger partial charge >= 0.3 is 0 Å². The van der Waals surface area contributed by atoms with Crippen LogP contribution in [0.3, 0.4) is 0 Å². The summed E-state index contributed by atoms with van der Waals surface area (Å²) in [4.78, 5) is 12.3. The van der Waals surface area contributed by atoms with E-state index in [1.54, 1.807) is 12.1 Å². The molecule has 0 aliphatic carbocycles. The molecule has 0 aromatic heterocycles. The highest BCUT2D eigenvalue weighted by Gasteiger charge is 2.18. The van der Waals surface area contributed by atoms with Gasteiger partial charge in [-0.15, -0.1) is 0 Å². The molecule has 2 rings (SSSR count). The summed E-state index contributed by atoms with van der Waals surface area (Å²) < 4.78 is 0. The average molecular weight is 277 g/mol. The Labute approximate surface area is 116 Å². The molecule has 0 spiro atoms. The SMILES string of the molecule is CCc1ccc(C(=O)c2c(O)cc(O)cc2Cl)cc1. The third-order valence-corrected chi connectivity index (χ3v) is 3.20. The first-order chi connectivity index (χ1) is 9.02. The molecule has 0 saturated carbocycles. The van der Waals surface area contributed by atoms with E-state index in [9.17, 15) is 15.0 Å². The van der Waals surface area contributed by atoms with Crippen LogP contribution in [0.25, 0.3) is 0 Å². The minimum atomic E-state index is -0.370. The summed E-state index contributed by atoms with van der Waals surface area (Å²) in [5, 5.41) is 19.1. The lowest BCUT2D eigenvalue weighted by Gasteiger charge is -2.07. The fourth-order valence-corrected chi connectivity index (χ4v) is 2.13. The minimum Gasteiger partial charge on any atom is -0.508 e. The highest BCUT2D eigenvalue weighted by Crippen LogP contribution is 2.32. The van der Waals surface area contributed by atoms with Crippen molar-refractivity contribution in [3.63, 3.8) is 0 Å². The molecule has 98 valence electrons. The molecular formula is C15H13ClO3. The summed E-state index contributed by atoms with van der Waals surface area (Å²) in [7, 11) is 0. The third kappa shape index (κ3) is 2.71. The first kappa shape index (κ1) is 13.4. The number of aryl methyl sites for hydroxylation is 1. The van der Waals surface area contributed by atoms with Crippen molar-refractivity contribution >= 4 is 17.4 Å². The van der Waals surface area contributed by atoms with Gasteiger partial charge in [0.25, 0.3) is 0 Å². The number of rotatable bonds is 3. The van der Waals surface area contributed by atoms with Crippen LogP contribution in [0.1, 0.15) is 28.4 Å². The van der Waals surface area contributed by atoms with Crippen LogP contribution in [0, 0.1) is 0 Å². The van der Waals surface area contributed by atoms with Crippen molar-refractivity contribution in [3.05, 3.63) is 58.1 Å². The molecule has 0 saturated heterocycles. The maximum atomic E-state index is 12.3. The number of hydrogen-bond acceptors (Lipinski definition) is 3. The average Bonchev–Trinajstić information content (AvgIpc) is 2.37. The zero-order valence-electron chi connectivity index (χ0n) is 10.4. The molecule has 2 aromatic rings. The summed E-state index contributed by atoms with van der Waals surface area (Å²) in [5.74, 6) is -0.875. The zero-order chi connectivity index (χ0) is 14.0. The Kier molecular flexibility index (Phi) is 3.76. The van der Waals surface area contributed by atoms with Crippen molar-refractivity contribution in [3.8, 4) is 11.5 Å². The Bertz CT molecular complexity index is 595. The topological polar surface area (TPSA) is 57.5 Å². The molecule has 3 nitrogen and oxygen atoms in total. The predicted molar refractivity (Wildman–Crippen MR) is 74.0 cm³/mol. The smallest absolute Gasteiger partial charge is 0.198 e. The first-order valence-corrected chi connectivity index (χ1v) is 6.26. The van der Waals surface area contributed by atoms with Crippen molar-refractivity contribution in [2.24, 2.45) is 0 Å². The van der Waals surface area contributed by atoms with Crippen LogP contribution in [0.2, 0.25) is 5.02 Å². The van der Waals surface area contributed by atoms with Crippen molar-refractivity contribution in [2.45, 2.75) is 13.3 Å². The van der Waals surface area contributed by atoms with Crippen LogP contribution in [-0.4, -0.2) is 16.0 Å². The number of aromatic hydroxyl groups is 2. The molecule has 0 heterocycles. The van der Waals surface area contributed by atoms with Crippen LogP contribution in [0.15, 0.2) is 36.4 Å². The highest BCUT2D eigenvalue weighted by molar-refractivity contribution is 6.35. The quantitative estimate of drug-likeness (QED) is 0.843. The lowest BCUT2D eigenvalue weighted by Crippen LogP contribution is -2.03. The fraction of sp³-hybridized carbons (Fsp3) is 0.133. The Balaban J connectivity index is 2.44. The lowest BCUT2D eigenvalue weighted by atomic mass is 10.0. The van der Waals surface area contributed by atoms with E-state index >= 15 is 0 Å². The molecule has 2 aromatic carbocycles. The Morgan fingerprint density at radius 3 is 2.32 bits per heavy atom. The molecule has 19 heavy (non-hydrogen) atoms. The lowest BCUT2D eigenvalue weighted by molar-refractivity contribution is 0.103. The summed E-state index contributed by atoms with van der Waals surface area (Å²) in [5.41, 5.74) is 1.57. The van der Waals surface area contributed by atoms with Crippen molar-refractivity contribution in [2.75, 3.05) is 0 Å². The molecule has 0 unspecified atom stereocenters. The molecule has 0 atom stereocenters. The van der Waals surface area contributed by atoms with Crippen LogP contribution >= 0.6 is 11.6 Å². The van der Waals surface area contributed by atoms with Gasteiger partial charge in [0.05, 0.1) is 10.6 Å². The van der Waals surface area contributed by atoms with E-state index in [1.165, 1.54) is 6.07 Å². The normalized spacial score (nSPS) is 10.4.